The highest BCUT2D eigenvalue weighted by Crippen LogP contribution is 2.40. The number of fused-ring (bicyclic) bond motifs is 1. The van der Waals surface area contributed by atoms with Gasteiger partial charge in [-0.3, -0.25) is 0 Å². The quantitative estimate of drug-likeness (QED) is 0.697. The zero-order valence-corrected chi connectivity index (χ0v) is 9.09. The van der Waals surface area contributed by atoms with E-state index in [-0.39, 0.29) is 0 Å². The second-order valence-corrected chi connectivity index (χ2v) is 3.64. The molecule has 0 fully saturated rings. The Morgan fingerprint density at radius 2 is 2.07 bits per heavy atom. The standard InChI is InChI=1S/C13H14O2/c1-8-7-15-13-10(3)12(14-4)6-5-11(13)9(8)2/h5-6H,1-2,7H2,3-4H3. The van der Waals surface area contributed by atoms with Crippen LogP contribution in [0, 0.1) is 6.92 Å². The van der Waals surface area contributed by atoms with Crippen molar-refractivity contribution in [3.8, 4) is 11.5 Å². The third kappa shape index (κ3) is 1.42. The highest BCUT2D eigenvalue weighted by molar-refractivity contribution is 5.83. The number of ether oxygens (including phenoxy) is 2. The molecule has 0 N–H and O–H groups in total. The summed E-state index contributed by atoms with van der Waals surface area (Å²) in [6, 6.07) is 3.90. The molecule has 1 aliphatic rings. The third-order valence-electron chi connectivity index (χ3n) is 2.72. The summed E-state index contributed by atoms with van der Waals surface area (Å²) in [6.07, 6.45) is 0. The summed E-state index contributed by atoms with van der Waals surface area (Å²) in [4.78, 5) is 0. The Morgan fingerprint density at radius 1 is 1.33 bits per heavy atom. The second kappa shape index (κ2) is 3.46. The topological polar surface area (TPSA) is 18.5 Å². The van der Waals surface area contributed by atoms with Gasteiger partial charge >= 0.3 is 0 Å². The largest absolute Gasteiger partial charge is 0.496 e. The van der Waals surface area contributed by atoms with Crippen molar-refractivity contribution in [3.05, 3.63) is 42.0 Å². The van der Waals surface area contributed by atoms with E-state index in [0.29, 0.717) is 6.61 Å². The first-order chi connectivity index (χ1) is 7.15. The van der Waals surface area contributed by atoms with E-state index >= 15 is 0 Å². The fourth-order valence-electron chi connectivity index (χ4n) is 1.76. The Morgan fingerprint density at radius 3 is 2.73 bits per heavy atom. The Kier molecular flexibility index (Phi) is 2.27. The van der Waals surface area contributed by atoms with Crippen molar-refractivity contribution in [1.82, 2.24) is 0 Å². The Balaban J connectivity index is 2.60. The van der Waals surface area contributed by atoms with Crippen molar-refractivity contribution in [2.45, 2.75) is 6.92 Å². The molecule has 2 rings (SSSR count). The predicted octanol–water partition coefficient (Wildman–Crippen LogP) is 2.97. The van der Waals surface area contributed by atoms with Gasteiger partial charge in [0.15, 0.2) is 0 Å². The number of hydrogen-bond acceptors (Lipinski definition) is 2. The van der Waals surface area contributed by atoms with Crippen LogP contribution in [0.2, 0.25) is 0 Å². The highest BCUT2D eigenvalue weighted by atomic mass is 16.5. The van der Waals surface area contributed by atoms with Gasteiger partial charge in [-0.2, -0.15) is 0 Å². The SMILES string of the molecule is C=C1COc2c(ccc(OC)c2C)C1=C. The first kappa shape index (κ1) is 9.84. The number of methoxy groups -OCH3 is 1. The van der Waals surface area contributed by atoms with E-state index in [4.69, 9.17) is 9.47 Å². The second-order valence-electron chi connectivity index (χ2n) is 3.64. The van der Waals surface area contributed by atoms with Crippen LogP contribution in [0.5, 0.6) is 11.5 Å². The monoisotopic (exact) mass is 202 g/mol. The van der Waals surface area contributed by atoms with Crippen LogP contribution in [0.25, 0.3) is 5.57 Å². The normalized spacial score (nSPS) is 14.5. The van der Waals surface area contributed by atoms with Gasteiger partial charge in [0.05, 0.1) is 7.11 Å². The molecule has 1 aromatic rings. The van der Waals surface area contributed by atoms with E-state index in [9.17, 15) is 0 Å². The maximum absolute atomic E-state index is 5.64. The average molecular weight is 202 g/mol. The Bertz CT molecular complexity index is 444. The van der Waals surface area contributed by atoms with Crippen molar-refractivity contribution < 1.29 is 9.47 Å². The molecule has 0 aromatic heterocycles. The summed E-state index contributed by atoms with van der Waals surface area (Å²) in [5, 5.41) is 0. The van der Waals surface area contributed by atoms with Crippen LogP contribution in [0.1, 0.15) is 11.1 Å². The van der Waals surface area contributed by atoms with Crippen molar-refractivity contribution in [3.63, 3.8) is 0 Å². The van der Waals surface area contributed by atoms with Gasteiger partial charge in [-0.05, 0) is 30.2 Å². The van der Waals surface area contributed by atoms with Crippen LogP contribution in [0.3, 0.4) is 0 Å². The molecule has 0 atom stereocenters. The number of hydrogen-bond donors (Lipinski definition) is 0. The summed E-state index contributed by atoms with van der Waals surface area (Å²) in [5.74, 6) is 1.71. The molecule has 1 aromatic carbocycles. The van der Waals surface area contributed by atoms with Gasteiger partial charge in [0, 0.05) is 11.1 Å². The number of benzene rings is 1. The Labute approximate surface area is 89.8 Å². The molecule has 0 amide bonds. The Hall–Kier alpha value is -1.70. The summed E-state index contributed by atoms with van der Waals surface area (Å²) in [5.41, 5.74) is 3.93. The first-order valence-corrected chi connectivity index (χ1v) is 4.83. The van der Waals surface area contributed by atoms with Gasteiger partial charge in [-0.25, -0.2) is 0 Å². The van der Waals surface area contributed by atoms with Crippen molar-refractivity contribution >= 4 is 5.57 Å². The zero-order valence-electron chi connectivity index (χ0n) is 9.09. The molecule has 78 valence electrons. The molecule has 0 saturated heterocycles. The lowest BCUT2D eigenvalue weighted by Crippen LogP contribution is -2.11. The van der Waals surface area contributed by atoms with Gasteiger partial charge < -0.3 is 9.47 Å². The van der Waals surface area contributed by atoms with Crippen LogP contribution in [0.15, 0.2) is 30.9 Å². The molecule has 15 heavy (non-hydrogen) atoms. The van der Waals surface area contributed by atoms with Gasteiger partial charge in [0.25, 0.3) is 0 Å². The summed E-state index contributed by atoms with van der Waals surface area (Å²) < 4.78 is 10.9. The van der Waals surface area contributed by atoms with Crippen LogP contribution in [-0.2, 0) is 0 Å². The van der Waals surface area contributed by atoms with Crippen LogP contribution < -0.4 is 9.47 Å². The molecule has 2 heteroatoms. The molecule has 0 bridgehead atoms. The van der Waals surface area contributed by atoms with E-state index in [2.05, 4.69) is 13.2 Å². The number of rotatable bonds is 1. The fourth-order valence-corrected chi connectivity index (χ4v) is 1.76. The van der Waals surface area contributed by atoms with Crippen LogP contribution >= 0.6 is 0 Å². The lowest BCUT2D eigenvalue weighted by molar-refractivity contribution is 0.340. The molecule has 0 spiro atoms. The molecular weight excluding hydrogens is 188 g/mol. The molecule has 0 radical (unpaired) electrons. The first-order valence-electron chi connectivity index (χ1n) is 4.83. The molecule has 2 nitrogen and oxygen atoms in total. The maximum atomic E-state index is 5.64. The van der Waals surface area contributed by atoms with Gasteiger partial charge in [-0.1, -0.05) is 13.2 Å². The molecule has 0 saturated carbocycles. The minimum Gasteiger partial charge on any atom is -0.496 e. The highest BCUT2D eigenvalue weighted by Gasteiger charge is 2.20. The van der Waals surface area contributed by atoms with E-state index in [1.165, 1.54) is 0 Å². The van der Waals surface area contributed by atoms with E-state index in [1.807, 2.05) is 19.1 Å². The maximum Gasteiger partial charge on any atom is 0.134 e. The lowest BCUT2D eigenvalue weighted by atomic mass is 9.95. The van der Waals surface area contributed by atoms with Crippen molar-refractivity contribution in [2.24, 2.45) is 0 Å². The molecule has 1 aliphatic heterocycles. The van der Waals surface area contributed by atoms with Crippen molar-refractivity contribution in [2.75, 3.05) is 13.7 Å². The molecule has 0 aliphatic carbocycles. The van der Waals surface area contributed by atoms with E-state index < -0.39 is 0 Å². The van der Waals surface area contributed by atoms with Gasteiger partial charge in [0.1, 0.15) is 18.1 Å². The lowest BCUT2D eigenvalue weighted by Gasteiger charge is -2.23. The van der Waals surface area contributed by atoms with Gasteiger partial charge in [-0.15, -0.1) is 0 Å². The van der Waals surface area contributed by atoms with E-state index in [1.54, 1.807) is 7.11 Å². The molecule has 1 heterocycles. The summed E-state index contributed by atoms with van der Waals surface area (Å²) >= 11 is 0. The minimum absolute atomic E-state index is 0.514. The van der Waals surface area contributed by atoms with Gasteiger partial charge in [0.2, 0.25) is 0 Å². The smallest absolute Gasteiger partial charge is 0.134 e. The van der Waals surface area contributed by atoms with Crippen molar-refractivity contribution in [1.29, 1.82) is 0 Å². The van der Waals surface area contributed by atoms with Crippen LogP contribution in [-0.4, -0.2) is 13.7 Å². The third-order valence-corrected chi connectivity index (χ3v) is 2.72. The van der Waals surface area contributed by atoms with E-state index in [0.717, 1.165) is 33.8 Å². The summed E-state index contributed by atoms with van der Waals surface area (Å²) in [7, 11) is 1.66. The molecular formula is C13H14O2. The molecule has 0 unspecified atom stereocenters. The van der Waals surface area contributed by atoms with Crippen LogP contribution in [0.4, 0.5) is 0 Å². The zero-order chi connectivity index (χ0) is 11.0. The fraction of sp³-hybridized carbons (Fsp3) is 0.231. The minimum atomic E-state index is 0.514. The summed E-state index contributed by atoms with van der Waals surface area (Å²) in [6.45, 7) is 10.4. The average Bonchev–Trinajstić information content (AvgIpc) is 2.24. The predicted molar refractivity (Wildman–Crippen MR) is 61.4 cm³/mol.